The van der Waals surface area contributed by atoms with Crippen LogP contribution in [-0.4, -0.2) is 38.0 Å². The second-order valence-corrected chi connectivity index (χ2v) is 6.35. The van der Waals surface area contributed by atoms with E-state index in [1.165, 1.54) is 11.1 Å². The van der Waals surface area contributed by atoms with E-state index >= 15 is 0 Å². The molecule has 21 heavy (non-hydrogen) atoms. The van der Waals surface area contributed by atoms with Gasteiger partial charge in [-0.15, -0.1) is 24.0 Å². The maximum atomic E-state index is 5.88. The Bertz CT molecular complexity index is 473. The summed E-state index contributed by atoms with van der Waals surface area (Å²) < 4.78 is 11.8. The van der Waals surface area contributed by atoms with Gasteiger partial charge in [0.2, 0.25) is 0 Å². The molecule has 2 fully saturated rings. The van der Waals surface area contributed by atoms with Gasteiger partial charge in [-0.25, -0.2) is 0 Å². The fourth-order valence-electron chi connectivity index (χ4n) is 3.88. The van der Waals surface area contributed by atoms with Crippen molar-refractivity contribution in [2.24, 2.45) is 0 Å². The maximum Gasteiger partial charge on any atom is 0.168 e. The average molecular weight is 403 g/mol. The fraction of sp³-hybridized carbons (Fsp3) is 0.647. The molecule has 118 valence electrons. The zero-order valence-corrected chi connectivity index (χ0v) is 15.6. The Kier molecular flexibility index (Phi) is 5.34. The highest BCUT2D eigenvalue weighted by Gasteiger charge is 2.48. The van der Waals surface area contributed by atoms with Crippen LogP contribution >= 0.6 is 24.0 Å². The van der Waals surface area contributed by atoms with Gasteiger partial charge >= 0.3 is 0 Å². The molecule has 4 heteroatoms. The van der Waals surface area contributed by atoms with E-state index in [9.17, 15) is 0 Å². The van der Waals surface area contributed by atoms with Crippen molar-refractivity contribution in [1.82, 2.24) is 4.90 Å². The summed E-state index contributed by atoms with van der Waals surface area (Å²) in [7, 11) is 4.39. The Morgan fingerprint density at radius 3 is 2.05 bits per heavy atom. The predicted molar refractivity (Wildman–Crippen MR) is 95.1 cm³/mol. The molecule has 0 atom stereocenters. The molecule has 0 radical (unpaired) electrons. The first-order valence-corrected chi connectivity index (χ1v) is 7.60. The predicted octanol–water partition coefficient (Wildman–Crippen LogP) is 3.69. The molecule has 3 rings (SSSR count). The van der Waals surface area contributed by atoms with Crippen molar-refractivity contribution in [3.8, 4) is 0 Å². The van der Waals surface area contributed by atoms with Crippen molar-refractivity contribution in [2.45, 2.75) is 43.9 Å². The van der Waals surface area contributed by atoms with Gasteiger partial charge in [0.25, 0.3) is 0 Å². The number of benzene rings is 1. The first-order chi connectivity index (χ1) is 9.58. The van der Waals surface area contributed by atoms with Gasteiger partial charge in [0.05, 0.1) is 13.2 Å². The third-order valence-corrected chi connectivity index (χ3v) is 5.16. The van der Waals surface area contributed by atoms with E-state index in [0.717, 1.165) is 38.9 Å². The van der Waals surface area contributed by atoms with Crippen LogP contribution in [0.3, 0.4) is 0 Å². The minimum absolute atomic E-state index is 0. The van der Waals surface area contributed by atoms with Crippen LogP contribution in [0.4, 0.5) is 0 Å². The van der Waals surface area contributed by atoms with Gasteiger partial charge in [0.15, 0.2) is 5.79 Å². The number of ether oxygens (including phenoxy) is 2. The van der Waals surface area contributed by atoms with Crippen molar-refractivity contribution in [3.63, 3.8) is 0 Å². The van der Waals surface area contributed by atoms with Gasteiger partial charge in [-0.1, -0.05) is 24.3 Å². The molecule has 1 heterocycles. The molecule has 2 aliphatic rings. The molecular formula is C17H26INO2. The Hall–Kier alpha value is -0.170. The molecule has 0 unspecified atom stereocenters. The third-order valence-electron chi connectivity index (χ3n) is 5.16. The van der Waals surface area contributed by atoms with Crippen molar-refractivity contribution < 1.29 is 9.47 Å². The highest BCUT2D eigenvalue weighted by molar-refractivity contribution is 14.0. The van der Waals surface area contributed by atoms with Crippen molar-refractivity contribution in [2.75, 3.05) is 27.3 Å². The first kappa shape index (κ1) is 17.2. The summed E-state index contributed by atoms with van der Waals surface area (Å²) in [5, 5.41) is 0. The highest BCUT2D eigenvalue weighted by atomic mass is 127. The number of hydrogen-bond acceptors (Lipinski definition) is 3. The smallest absolute Gasteiger partial charge is 0.168 e. The largest absolute Gasteiger partial charge is 0.348 e. The lowest BCUT2D eigenvalue weighted by Crippen LogP contribution is -2.49. The zero-order chi connectivity index (χ0) is 14.2. The Labute approximate surface area is 145 Å². The summed E-state index contributed by atoms with van der Waals surface area (Å²) in [5.41, 5.74) is 2.95. The van der Waals surface area contributed by atoms with E-state index in [1.807, 2.05) is 0 Å². The van der Waals surface area contributed by atoms with Gasteiger partial charge < -0.3 is 9.47 Å². The van der Waals surface area contributed by atoms with Crippen LogP contribution in [-0.2, 0) is 15.0 Å². The zero-order valence-electron chi connectivity index (χ0n) is 13.2. The van der Waals surface area contributed by atoms with Gasteiger partial charge in [-0.3, -0.25) is 4.90 Å². The second-order valence-electron chi connectivity index (χ2n) is 6.35. The Morgan fingerprint density at radius 1 is 0.952 bits per heavy atom. The van der Waals surface area contributed by atoms with Crippen molar-refractivity contribution in [1.29, 1.82) is 0 Å². The Balaban J connectivity index is 0.00000161. The van der Waals surface area contributed by atoms with Crippen LogP contribution in [0.2, 0.25) is 0 Å². The Morgan fingerprint density at radius 2 is 1.52 bits per heavy atom. The lowest BCUT2D eigenvalue weighted by Gasteiger charge is -2.48. The molecule has 1 saturated carbocycles. The van der Waals surface area contributed by atoms with Crippen LogP contribution in [0.15, 0.2) is 24.3 Å². The van der Waals surface area contributed by atoms with Gasteiger partial charge in [-0.05, 0) is 45.0 Å². The van der Waals surface area contributed by atoms with Crippen LogP contribution in [0.1, 0.15) is 36.8 Å². The monoisotopic (exact) mass is 403 g/mol. The molecule has 1 aliphatic carbocycles. The average Bonchev–Trinajstić information content (AvgIpc) is 2.89. The molecule has 0 aromatic heterocycles. The second kappa shape index (κ2) is 6.52. The van der Waals surface area contributed by atoms with E-state index in [0.29, 0.717) is 0 Å². The van der Waals surface area contributed by atoms with Crippen LogP contribution in [0.5, 0.6) is 0 Å². The quantitative estimate of drug-likeness (QED) is 0.704. The highest BCUT2D eigenvalue weighted by Crippen LogP contribution is 2.48. The number of aryl methyl sites for hydroxylation is 1. The maximum absolute atomic E-state index is 5.88. The van der Waals surface area contributed by atoms with E-state index in [-0.39, 0.29) is 35.3 Å². The van der Waals surface area contributed by atoms with Gasteiger partial charge in [-0.2, -0.15) is 0 Å². The lowest BCUT2D eigenvalue weighted by molar-refractivity contribution is -0.193. The first-order valence-electron chi connectivity index (χ1n) is 7.60. The summed E-state index contributed by atoms with van der Waals surface area (Å²) in [6.45, 7) is 3.71. The molecule has 1 aromatic rings. The normalized spacial score (nSPS) is 23.2. The van der Waals surface area contributed by atoms with E-state index in [1.54, 1.807) is 0 Å². The standard InChI is InChI=1S/C17H25NO2.HI/c1-14-6-4-5-7-15(14)16(18(2)3)8-10-17(11-9-16)19-12-13-20-17;/h4-7H,8-13H2,1-3H3;1H. The lowest BCUT2D eigenvalue weighted by atomic mass is 9.72. The molecule has 0 N–H and O–H groups in total. The summed E-state index contributed by atoms with van der Waals surface area (Å²) in [5.74, 6) is -0.289. The molecule has 1 aromatic carbocycles. The topological polar surface area (TPSA) is 21.7 Å². The van der Waals surface area contributed by atoms with E-state index < -0.39 is 0 Å². The SMILES string of the molecule is Cc1ccccc1C1(N(C)C)CCC2(CC1)OCCO2.I. The van der Waals surface area contributed by atoms with Crippen LogP contribution < -0.4 is 0 Å². The number of rotatable bonds is 2. The molecule has 0 amide bonds. The molecule has 3 nitrogen and oxygen atoms in total. The fourth-order valence-corrected chi connectivity index (χ4v) is 3.88. The molecular weight excluding hydrogens is 377 g/mol. The number of hydrogen-bond donors (Lipinski definition) is 0. The molecule has 1 saturated heterocycles. The summed E-state index contributed by atoms with van der Waals surface area (Å²) >= 11 is 0. The summed E-state index contributed by atoms with van der Waals surface area (Å²) in [6.07, 6.45) is 4.15. The van der Waals surface area contributed by atoms with Gasteiger partial charge in [0, 0.05) is 18.4 Å². The van der Waals surface area contributed by atoms with E-state index in [4.69, 9.17) is 9.47 Å². The molecule has 0 bridgehead atoms. The van der Waals surface area contributed by atoms with Crippen LogP contribution in [0.25, 0.3) is 0 Å². The van der Waals surface area contributed by atoms with Crippen molar-refractivity contribution in [3.05, 3.63) is 35.4 Å². The minimum Gasteiger partial charge on any atom is -0.348 e. The van der Waals surface area contributed by atoms with Crippen molar-refractivity contribution >= 4 is 24.0 Å². The summed E-state index contributed by atoms with van der Waals surface area (Å²) in [6, 6.07) is 8.77. The molecule has 1 aliphatic heterocycles. The van der Waals surface area contributed by atoms with Gasteiger partial charge in [0.1, 0.15) is 0 Å². The minimum atomic E-state index is -0.289. The van der Waals surface area contributed by atoms with Crippen LogP contribution in [0, 0.1) is 6.92 Å². The van der Waals surface area contributed by atoms with E-state index in [2.05, 4.69) is 50.2 Å². The summed E-state index contributed by atoms with van der Waals surface area (Å²) in [4.78, 5) is 2.39. The molecule has 1 spiro atoms. The number of nitrogens with zero attached hydrogens (tertiary/aromatic N) is 1. The number of halogens is 1. The third kappa shape index (κ3) is 3.00.